The van der Waals surface area contributed by atoms with E-state index in [0.29, 0.717) is 10.7 Å². The molecule has 0 atom stereocenters. The van der Waals surface area contributed by atoms with Gasteiger partial charge in [-0.2, -0.15) is 0 Å². The van der Waals surface area contributed by atoms with E-state index in [2.05, 4.69) is 5.32 Å². The molecule has 0 aromatic heterocycles. The summed E-state index contributed by atoms with van der Waals surface area (Å²) in [6.45, 7) is -0.375. The Bertz CT molecular complexity index is 471. The third-order valence-electron chi connectivity index (χ3n) is 3.11. The lowest BCUT2D eigenvalue weighted by Gasteiger charge is -2.30. The summed E-state index contributed by atoms with van der Waals surface area (Å²) >= 11 is 5.78. The standard InChI is InChI=1S/C13H15ClN2O3/c14-9-4-6-11(7-5-9)16(8-12(17)18)13(19)15-10-2-1-3-10/h4-7,10H,1-3,8H2,(H,15,19)(H,17,18). The van der Waals surface area contributed by atoms with Gasteiger partial charge in [-0.25, -0.2) is 4.79 Å². The summed E-state index contributed by atoms with van der Waals surface area (Å²) in [4.78, 5) is 24.2. The van der Waals surface area contributed by atoms with Crippen LogP contribution >= 0.6 is 11.6 Å². The summed E-state index contributed by atoms with van der Waals surface area (Å²) < 4.78 is 0. The van der Waals surface area contributed by atoms with Crippen LogP contribution in [0.1, 0.15) is 19.3 Å². The van der Waals surface area contributed by atoms with Crippen molar-refractivity contribution in [3.05, 3.63) is 29.3 Å². The van der Waals surface area contributed by atoms with Crippen molar-refractivity contribution >= 4 is 29.3 Å². The molecule has 0 bridgehead atoms. The number of urea groups is 1. The number of nitrogens with zero attached hydrogens (tertiary/aromatic N) is 1. The van der Waals surface area contributed by atoms with E-state index in [-0.39, 0.29) is 18.6 Å². The third-order valence-corrected chi connectivity index (χ3v) is 3.36. The van der Waals surface area contributed by atoms with Crippen LogP contribution < -0.4 is 10.2 Å². The molecule has 6 heteroatoms. The zero-order valence-corrected chi connectivity index (χ0v) is 11.1. The molecule has 2 rings (SSSR count). The number of benzene rings is 1. The number of nitrogens with one attached hydrogen (secondary N) is 1. The van der Waals surface area contributed by atoms with Gasteiger partial charge in [-0.1, -0.05) is 11.6 Å². The van der Waals surface area contributed by atoms with Crippen molar-refractivity contribution in [1.29, 1.82) is 0 Å². The topological polar surface area (TPSA) is 69.6 Å². The van der Waals surface area contributed by atoms with Crippen molar-refractivity contribution in [3.63, 3.8) is 0 Å². The number of rotatable bonds is 4. The minimum Gasteiger partial charge on any atom is -0.480 e. The van der Waals surface area contributed by atoms with Gasteiger partial charge in [0.25, 0.3) is 0 Å². The van der Waals surface area contributed by atoms with E-state index in [9.17, 15) is 9.59 Å². The quantitative estimate of drug-likeness (QED) is 0.891. The van der Waals surface area contributed by atoms with E-state index < -0.39 is 5.97 Å². The zero-order chi connectivity index (χ0) is 13.8. The molecule has 1 aliphatic carbocycles. The number of carboxylic acids is 1. The number of carbonyl (C=O) groups is 2. The van der Waals surface area contributed by atoms with Crippen molar-refractivity contribution < 1.29 is 14.7 Å². The molecule has 1 aliphatic rings. The number of hydrogen-bond donors (Lipinski definition) is 2. The van der Waals surface area contributed by atoms with Gasteiger partial charge >= 0.3 is 12.0 Å². The normalized spacial score (nSPS) is 14.6. The minimum atomic E-state index is -1.06. The van der Waals surface area contributed by atoms with Crippen LogP contribution in [0, 0.1) is 0 Å². The first-order valence-corrected chi connectivity index (χ1v) is 6.49. The van der Waals surface area contributed by atoms with Gasteiger partial charge in [-0.3, -0.25) is 9.69 Å². The molecular formula is C13H15ClN2O3. The fraction of sp³-hybridized carbons (Fsp3) is 0.385. The summed E-state index contributed by atoms with van der Waals surface area (Å²) in [7, 11) is 0. The molecule has 0 aliphatic heterocycles. The van der Waals surface area contributed by atoms with Gasteiger partial charge in [0.2, 0.25) is 0 Å². The number of aliphatic carboxylic acids is 1. The summed E-state index contributed by atoms with van der Waals surface area (Å²) in [5.74, 6) is -1.06. The number of halogens is 1. The highest BCUT2D eigenvalue weighted by Gasteiger charge is 2.24. The number of carboxylic acid groups (broad SMARTS) is 1. The third kappa shape index (κ3) is 3.61. The lowest BCUT2D eigenvalue weighted by atomic mass is 9.93. The second-order valence-electron chi connectivity index (χ2n) is 4.53. The molecule has 1 fully saturated rings. The molecule has 5 nitrogen and oxygen atoms in total. The maximum Gasteiger partial charge on any atom is 0.323 e. The van der Waals surface area contributed by atoms with Crippen LogP contribution in [0.4, 0.5) is 10.5 Å². The first kappa shape index (κ1) is 13.7. The SMILES string of the molecule is O=C(O)CN(C(=O)NC1CCC1)c1ccc(Cl)cc1. The average molecular weight is 283 g/mol. The Hall–Kier alpha value is -1.75. The highest BCUT2D eigenvalue weighted by atomic mass is 35.5. The zero-order valence-electron chi connectivity index (χ0n) is 10.3. The second-order valence-corrected chi connectivity index (χ2v) is 4.97. The van der Waals surface area contributed by atoms with E-state index in [1.54, 1.807) is 24.3 Å². The Balaban J connectivity index is 2.11. The first-order chi connectivity index (χ1) is 9.06. The summed E-state index contributed by atoms with van der Waals surface area (Å²) in [5, 5.41) is 12.3. The number of carbonyl (C=O) groups excluding carboxylic acids is 1. The highest BCUT2D eigenvalue weighted by Crippen LogP contribution is 2.21. The maximum absolute atomic E-state index is 12.1. The summed E-state index contributed by atoms with van der Waals surface area (Å²) in [6, 6.07) is 6.30. The largest absolute Gasteiger partial charge is 0.480 e. The Morgan fingerprint density at radius 2 is 1.95 bits per heavy atom. The van der Waals surface area contributed by atoms with Gasteiger partial charge in [-0.05, 0) is 43.5 Å². The van der Waals surface area contributed by atoms with Gasteiger partial charge in [0.15, 0.2) is 0 Å². The van der Waals surface area contributed by atoms with Gasteiger partial charge in [-0.15, -0.1) is 0 Å². The van der Waals surface area contributed by atoms with E-state index in [0.717, 1.165) is 19.3 Å². The molecule has 1 aromatic carbocycles. The molecule has 102 valence electrons. The van der Waals surface area contributed by atoms with Crippen LogP contribution in [0.15, 0.2) is 24.3 Å². The Kier molecular flexibility index (Phi) is 4.27. The van der Waals surface area contributed by atoms with Crippen molar-refractivity contribution in [3.8, 4) is 0 Å². The van der Waals surface area contributed by atoms with E-state index in [1.165, 1.54) is 4.90 Å². The molecule has 2 N–H and O–H groups in total. The fourth-order valence-electron chi connectivity index (χ4n) is 1.84. The van der Waals surface area contributed by atoms with Crippen LogP contribution in [-0.4, -0.2) is 29.7 Å². The van der Waals surface area contributed by atoms with E-state index in [1.807, 2.05) is 0 Å². The Labute approximate surface area is 116 Å². The maximum atomic E-state index is 12.1. The second kappa shape index (κ2) is 5.93. The van der Waals surface area contributed by atoms with Crippen molar-refractivity contribution in [2.75, 3.05) is 11.4 Å². The molecule has 1 aromatic rings. The smallest absolute Gasteiger partial charge is 0.323 e. The predicted molar refractivity (Wildman–Crippen MR) is 72.6 cm³/mol. The monoisotopic (exact) mass is 282 g/mol. The summed E-state index contributed by atoms with van der Waals surface area (Å²) in [6.07, 6.45) is 3.01. The molecule has 0 unspecified atom stereocenters. The molecule has 0 saturated heterocycles. The lowest BCUT2D eigenvalue weighted by Crippen LogP contribution is -2.49. The van der Waals surface area contributed by atoms with Crippen LogP contribution in [0.3, 0.4) is 0 Å². The van der Waals surface area contributed by atoms with Gasteiger partial charge < -0.3 is 10.4 Å². The summed E-state index contributed by atoms with van der Waals surface area (Å²) in [5.41, 5.74) is 0.517. The van der Waals surface area contributed by atoms with Gasteiger partial charge in [0.1, 0.15) is 6.54 Å². The molecular weight excluding hydrogens is 268 g/mol. The Morgan fingerprint density at radius 3 is 2.42 bits per heavy atom. The minimum absolute atomic E-state index is 0.163. The van der Waals surface area contributed by atoms with E-state index in [4.69, 9.17) is 16.7 Å². The lowest BCUT2D eigenvalue weighted by molar-refractivity contribution is -0.135. The van der Waals surface area contributed by atoms with Crippen LogP contribution in [0.25, 0.3) is 0 Å². The number of anilines is 1. The van der Waals surface area contributed by atoms with Crippen LogP contribution in [0.5, 0.6) is 0 Å². The van der Waals surface area contributed by atoms with Crippen LogP contribution in [-0.2, 0) is 4.79 Å². The van der Waals surface area contributed by atoms with Crippen molar-refractivity contribution in [2.45, 2.75) is 25.3 Å². The molecule has 19 heavy (non-hydrogen) atoms. The molecule has 0 radical (unpaired) electrons. The Morgan fingerprint density at radius 1 is 1.32 bits per heavy atom. The van der Waals surface area contributed by atoms with Crippen molar-refractivity contribution in [2.24, 2.45) is 0 Å². The molecule has 0 heterocycles. The van der Waals surface area contributed by atoms with Crippen molar-refractivity contribution in [1.82, 2.24) is 5.32 Å². The first-order valence-electron chi connectivity index (χ1n) is 6.11. The highest BCUT2D eigenvalue weighted by molar-refractivity contribution is 6.30. The van der Waals surface area contributed by atoms with Gasteiger partial charge in [0.05, 0.1) is 0 Å². The molecule has 2 amide bonds. The molecule has 0 spiro atoms. The van der Waals surface area contributed by atoms with E-state index >= 15 is 0 Å². The van der Waals surface area contributed by atoms with Gasteiger partial charge in [0, 0.05) is 16.8 Å². The number of amides is 2. The fourth-order valence-corrected chi connectivity index (χ4v) is 1.97. The van der Waals surface area contributed by atoms with Crippen LogP contribution in [0.2, 0.25) is 5.02 Å². The average Bonchev–Trinajstić information content (AvgIpc) is 2.31. The predicted octanol–water partition coefficient (Wildman–Crippen LogP) is 2.49. The number of hydrogen-bond acceptors (Lipinski definition) is 2. The molecule has 1 saturated carbocycles.